The van der Waals surface area contributed by atoms with Crippen molar-refractivity contribution in [3.05, 3.63) is 50.9 Å². The Morgan fingerprint density at radius 3 is 2.90 bits per heavy atom. The fourth-order valence-corrected chi connectivity index (χ4v) is 4.59. The monoisotopic (exact) mass is 410 g/mol. The SMILES string of the molecule is Cc1sc2nc(CCC(=O)Nc3cccc(N4CCCC4=O)c3)[nH]c(=O)c2c1C. The number of aryl methyl sites for hydroxylation is 3. The normalized spacial score (nSPS) is 14.0. The van der Waals surface area contributed by atoms with Gasteiger partial charge in [-0.15, -0.1) is 11.3 Å². The molecule has 2 amide bonds. The van der Waals surface area contributed by atoms with E-state index < -0.39 is 0 Å². The highest BCUT2D eigenvalue weighted by Crippen LogP contribution is 2.26. The number of amides is 2. The second-order valence-electron chi connectivity index (χ2n) is 7.22. The molecule has 1 aliphatic heterocycles. The maximum absolute atomic E-state index is 12.4. The van der Waals surface area contributed by atoms with Crippen LogP contribution in [-0.4, -0.2) is 28.3 Å². The van der Waals surface area contributed by atoms with Gasteiger partial charge in [-0.3, -0.25) is 14.4 Å². The lowest BCUT2D eigenvalue weighted by molar-refractivity contribution is -0.117. The Balaban J connectivity index is 1.42. The third-order valence-corrected chi connectivity index (χ3v) is 6.29. The summed E-state index contributed by atoms with van der Waals surface area (Å²) >= 11 is 1.49. The first-order chi connectivity index (χ1) is 13.9. The van der Waals surface area contributed by atoms with Crippen molar-refractivity contribution in [2.45, 2.75) is 39.5 Å². The number of carbonyl (C=O) groups is 2. The van der Waals surface area contributed by atoms with Crippen molar-refractivity contribution >= 4 is 44.7 Å². The molecule has 29 heavy (non-hydrogen) atoms. The summed E-state index contributed by atoms with van der Waals surface area (Å²) in [6.45, 7) is 4.60. The van der Waals surface area contributed by atoms with Gasteiger partial charge in [-0.25, -0.2) is 4.98 Å². The van der Waals surface area contributed by atoms with Gasteiger partial charge in [-0.2, -0.15) is 0 Å². The van der Waals surface area contributed by atoms with E-state index in [-0.39, 0.29) is 23.8 Å². The Kier molecular flexibility index (Phi) is 5.19. The number of H-pyrrole nitrogens is 1. The molecule has 0 unspecified atom stereocenters. The number of carbonyl (C=O) groups excluding carboxylic acids is 2. The zero-order valence-electron chi connectivity index (χ0n) is 16.4. The van der Waals surface area contributed by atoms with Gasteiger partial charge in [0.25, 0.3) is 5.56 Å². The van der Waals surface area contributed by atoms with E-state index in [0.717, 1.165) is 22.5 Å². The van der Waals surface area contributed by atoms with E-state index in [2.05, 4.69) is 15.3 Å². The molecule has 0 radical (unpaired) electrons. The molecule has 2 N–H and O–H groups in total. The van der Waals surface area contributed by atoms with Crippen molar-refractivity contribution in [3.63, 3.8) is 0 Å². The number of aromatic amines is 1. The fraction of sp³-hybridized carbons (Fsp3) is 0.333. The molecule has 0 spiro atoms. The molecular weight excluding hydrogens is 388 g/mol. The van der Waals surface area contributed by atoms with Crippen molar-refractivity contribution < 1.29 is 9.59 Å². The molecule has 4 rings (SSSR count). The van der Waals surface area contributed by atoms with Crippen LogP contribution in [0.15, 0.2) is 29.1 Å². The average Bonchev–Trinajstić information content (AvgIpc) is 3.23. The first-order valence-corrected chi connectivity index (χ1v) is 10.4. The van der Waals surface area contributed by atoms with E-state index in [1.807, 2.05) is 32.0 Å². The van der Waals surface area contributed by atoms with Crippen LogP contribution in [-0.2, 0) is 16.0 Å². The van der Waals surface area contributed by atoms with Gasteiger partial charge in [-0.1, -0.05) is 6.07 Å². The zero-order valence-corrected chi connectivity index (χ0v) is 17.2. The van der Waals surface area contributed by atoms with Crippen LogP contribution in [0.2, 0.25) is 0 Å². The number of hydrogen-bond acceptors (Lipinski definition) is 5. The van der Waals surface area contributed by atoms with Crippen molar-refractivity contribution in [2.75, 3.05) is 16.8 Å². The Morgan fingerprint density at radius 2 is 2.14 bits per heavy atom. The van der Waals surface area contributed by atoms with Gasteiger partial charge < -0.3 is 15.2 Å². The third kappa shape index (κ3) is 3.93. The van der Waals surface area contributed by atoms with Crippen molar-refractivity contribution in [3.8, 4) is 0 Å². The van der Waals surface area contributed by atoms with Gasteiger partial charge in [0, 0.05) is 42.1 Å². The van der Waals surface area contributed by atoms with Gasteiger partial charge in [0.15, 0.2) is 0 Å². The minimum Gasteiger partial charge on any atom is -0.326 e. The highest BCUT2D eigenvalue weighted by molar-refractivity contribution is 7.18. The minimum absolute atomic E-state index is 0.109. The molecule has 3 heterocycles. The van der Waals surface area contributed by atoms with Crippen molar-refractivity contribution in [1.29, 1.82) is 0 Å². The predicted octanol–water partition coefficient (Wildman–Crippen LogP) is 3.30. The first kappa shape index (κ1) is 19.3. The maximum atomic E-state index is 12.4. The quantitative estimate of drug-likeness (QED) is 0.675. The van der Waals surface area contributed by atoms with Crippen LogP contribution >= 0.6 is 11.3 Å². The Hall–Kier alpha value is -3.00. The lowest BCUT2D eigenvalue weighted by atomic mass is 10.2. The smallest absolute Gasteiger partial charge is 0.259 e. The molecule has 1 saturated heterocycles. The second kappa shape index (κ2) is 7.79. The summed E-state index contributed by atoms with van der Waals surface area (Å²) in [5, 5.41) is 3.50. The summed E-state index contributed by atoms with van der Waals surface area (Å²) in [6.07, 6.45) is 1.96. The Morgan fingerprint density at radius 1 is 1.31 bits per heavy atom. The summed E-state index contributed by atoms with van der Waals surface area (Å²) in [5.74, 6) is 0.449. The summed E-state index contributed by atoms with van der Waals surface area (Å²) < 4.78 is 0. The Labute approximate surface area is 171 Å². The van der Waals surface area contributed by atoms with E-state index in [1.54, 1.807) is 11.0 Å². The number of nitrogens with one attached hydrogen (secondary N) is 2. The van der Waals surface area contributed by atoms with Crippen LogP contribution < -0.4 is 15.8 Å². The number of nitrogens with zero attached hydrogens (tertiary/aromatic N) is 2. The zero-order chi connectivity index (χ0) is 20.5. The molecule has 2 aromatic heterocycles. The number of hydrogen-bond donors (Lipinski definition) is 2. The molecule has 0 saturated carbocycles. The number of thiophene rings is 1. The minimum atomic E-state index is -0.170. The number of anilines is 2. The number of benzene rings is 1. The average molecular weight is 410 g/mol. The summed E-state index contributed by atoms with van der Waals surface area (Å²) in [4.78, 5) is 47.5. The highest BCUT2D eigenvalue weighted by atomic mass is 32.1. The Bertz CT molecular complexity index is 1160. The first-order valence-electron chi connectivity index (χ1n) is 9.61. The summed E-state index contributed by atoms with van der Waals surface area (Å²) in [6, 6.07) is 7.30. The molecule has 0 atom stereocenters. The molecule has 8 heteroatoms. The van der Waals surface area contributed by atoms with Crippen LogP contribution in [0.5, 0.6) is 0 Å². The van der Waals surface area contributed by atoms with Gasteiger partial charge >= 0.3 is 0 Å². The van der Waals surface area contributed by atoms with E-state index in [1.165, 1.54) is 11.3 Å². The topological polar surface area (TPSA) is 95.2 Å². The second-order valence-corrected chi connectivity index (χ2v) is 8.43. The summed E-state index contributed by atoms with van der Waals surface area (Å²) in [7, 11) is 0. The lowest BCUT2D eigenvalue weighted by Gasteiger charge is -2.16. The molecule has 1 aliphatic rings. The van der Waals surface area contributed by atoms with E-state index in [9.17, 15) is 14.4 Å². The molecule has 7 nitrogen and oxygen atoms in total. The van der Waals surface area contributed by atoms with E-state index in [4.69, 9.17) is 0 Å². The van der Waals surface area contributed by atoms with E-state index >= 15 is 0 Å². The molecule has 0 bridgehead atoms. The highest BCUT2D eigenvalue weighted by Gasteiger charge is 2.21. The molecular formula is C21H22N4O3S. The molecule has 1 fully saturated rings. The molecule has 3 aromatic rings. The molecule has 1 aromatic carbocycles. The predicted molar refractivity (Wildman–Crippen MR) is 115 cm³/mol. The molecule has 0 aliphatic carbocycles. The standard InChI is InChI=1S/C21H22N4O3S/c1-12-13(2)29-21-19(12)20(28)23-16(24-21)8-9-17(26)22-14-5-3-6-15(11-14)25-10-4-7-18(25)27/h3,5-6,11H,4,7-10H2,1-2H3,(H,22,26)(H,23,24,28). The van der Waals surface area contributed by atoms with Crippen LogP contribution in [0, 0.1) is 13.8 Å². The van der Waals surface area contributed by atoms with Gasteiger partial charge in [0.1, 0.15) is 10.7 Å². The van der Waals surface area contributed by atoms with Crippen LogP contribution in [0.25, 0.3) is 10.2 Å². The van der Waals surface area contributed by atoms with Gasteiger partial charge in [-0.05, 0) is 44.0 Å². The van der Waals surface area contributed by atoms with Crippen LogP contribution in [0.4, 0.5) is 11.4 Å². The molecule has 150 valence electrons. The number of rotatable bonds is 5. The number of fused-ring (bicyclic) bond motifs is 1. The maximum Gasteiger partial charge on any atom is 0.259 e. The van der Waals surface area contributed by atoms with Gasteiger partial charge in [0.2, 0.25) is 11.8 Å². The number of aromatic nitrogens is 2. The van der Waals surface area contributed by atoms with Crippen LogP contribution in [0.3, 0.4) is 0 Å². The van der Waals surface area contributed by atoms with E-state index in [0.29, 0.717) is 41.1 Å². The lowest BCUT2D eigenvalue weighted by Crippen LogP contribution is -2.23. The largest absolute Gasteiger partial charge is 0.326 e. The van der Waals surface area contributed by atoms with Gasteiger partial charge in [0.05, 0.1) is 5.39 Å². The fourth-order valence-electron chi connectivity index (χ4n) is 3.55. The summed E-state index contributed by atoms with van der Waals surface area (Å²) in [5.41, 5.74) is 2.24. The van der Waals surface area contributed by atoms with Crippen molar-refractivity contribution in [1.82, 2.24) is 9.97 Å². The third-order valence-electron chi connectivity index (χ3n) is 5.19. The van der Waals surface area contributed by atoms with Crippen LogP contribution in [0.1, 0.15) is 35.5 Å². The van der Waals surface area contributed by atoms with Crippen molar-refractivity contribution in [2.24, 2.45) is 0 Å².